The normalized spacial score (nSPS) is 10.3. The Morgan fingerprint density at radius 2 is 2.22 bits per heavy atom. The molecule has 18 heavy (non-hydrogen) atoms. The molecule has 2 rings (SSSR count). The number of carboxylic acids is 1. The van der Waals surface area contributed by atoms with Crippen molar-refractivity contribution in [3.63, 3.8) is 0 Å². The first-order valence-corrected chi connectivity index (χ1v) is 4.94. The van der Waals surface area contributed by atoms with Crippen molar-refractivity contribution in [1.29, 1.82) is 0 Å². The van der Waals surface area contributed by atoms with Crippen LogP contribution in [-0.2, 0) is 0 Å². The fourth-order valence-electron chi connectivity index (χ4n) is 1.50. The molecule has 6 nitrogen and oxygen atoms in total. The van der Waals surface area contributed by atoms with Crippen LogP contribution in [0.4, 0.5) is 4.39 Å². The molecule has 0 aliphatic heterocycles. The summed E-state index contributed by atoms with van der Waals surface area (Å²) in [4.78, 5) is 25.1. The Morgan fingerprint density at radius 3 is 2.78 bits per heavy atom. The van der Waals surface area contributed by atoms with Gasteiger partial charge in [-0.2, -0.15) is 5.10 Å². The fraction of sp³-hybridized carbons (Fsp3) is 0.0909. The average Bonchev–Trinajstić information content (AvgIpc) is 2.71. The number of rotatable bonds is 3. The van der Waals surface area contributed by atoms with Gasteiger partial charge >= 0.3 is 5.97 Å². The first kappa shape index (κ1) is 11.9. The second kappa shape index (κ2) is 4.36. The molecule has 0 amide bonds. The van der Waals surface area contributed by atoms with Crippen LogP contribution in [0.1, 0.15) is 26.5 Å². The second-order valence-electron chi connectivity index (χ2n) is 3.57. The fourth-order valence-corrected chi connectivity index (χ4v) is 1.50. The number of aryl methyl sites for hydroxylation is 1. The van der Waals surface area contributed by atoms with Crippen LogP contribution in [0.2, 0.25) is 0 Å². The van der Waals surface area contributed by atoms with Crippen molar-refractivity contribution in [1.82, 2.24) is 14.8 Å². The number of carbonyl (C=O) groups excluding carboxylic acids is 1. The van der Waals surface area contributed by atoms with Crippen LogP contribution in [0, 0.1) is 12.7 Å². The minimum atomic E-state index is -1.39. The monoisotopic (exact) mass is 249 g/mol. The van der Waals surface area contributed by atoms with E-state index in [0.717, 1.165) is 12.3 Å². The topological polar surface area (TPSA) is 85.1 Å². The van der Waals surface area contributed by atoms with Gasteiger partial charge in [-0.05, 0) is 13.0 Å². The lowest BCUT2D eigenvalue weighted by Crippen LogP contribution is -2.07. The first-order chi connectivity index (χ1) is 8.52. The van der Waals surface area contributed by atoms with E-state index in [1.165, 1.54) is 10.7 Å². The van der Waals surface area contributed by atoms with Crippen molar-refractivity contribution in [2.75, 3.05) is 0 Å². The van der Waals surface area contributed by atoms with Gasteiger partial charge in [0.05, 0.1) is 6.20 Å². The zero-order valence-corrected chi connectivity index (χ0v) is 9.29. The van der Waals surface area contributed by atoms with Crippen molar-refractivity contribution in [2.45, 2.75) is 6.92 Å². The van der Waals surface area contributed by atoms with E-state index in [9.17, 15) is 14.0 Å². The predicted molar refractivity (Wildman–Crippen MR) is 58.4 cm³/mol. The Balaban J connectivity index is 2.57. The number of hydrogen-bond acceptors (Lipinski definition) is 4. The smallest absolute Gasteiger partial charge is 0.338 e. The second-order valence-corrected chi connectivity index (χ2v) is 3.57. The summed E-state index contributed by atoms with van der Waals surface area (Å²) in [7, 11) is 0. The number of hydrogen-bond donors (Lipinski definition) is 1. The largest absolute Gasteiger partial charge is 0.478 e. The van der Waals surface area contributed by atoms with E-state index in [2.05, 4.69) is 10.1 Å². The van der Waals surface area contributed by atoms with Crippen LogP contribution >= 0.6 is 0 Å². The Labute approximate surface area is 101 Å². The summed E-state index contributed by atoms with van der Waals surface area (Å²) >= 11 is 0. The van der Waals surface area contributed by atoms with Crippen LogP contribution < -0.4 is 0 Å². The van der Waals surface area contributed by atoms with E-state index in [4.69, 9.17) is 5.11 Å². The highest BCUT2D eigenvalue weighted by molar-refractivity contribution is 5.88. The summed E-state index contributed by atoms with van der Waals surface area (Å²) in [5.74, 6) is -2.18. The molecule has 0 unspecified atom stereocenters. The highest BCUT2D eigenvalue weighted by Crippen LogP contribution is 2.13. The highest BCUT2D eigenvalue weighted by atomic mass is 19.1. The van der Waals surface area contributed by atoms with Crippen molar-refractivity contribution in [3.8, 4) is 5.82 Å². The maximum absolute atomic E-state index is 13.2. The van der Waals surface area contributed by atoms with Crippen molar-refractivity contribution >= 4 is 12.3 Å². The lowest BCUT2D eigenvalue weighted by atomic mass is 10.2. The van der Waals surface area contributed by atoms with Crippen molar-refractivity contribution < 1.29 is 19.1 Å². The molecule has 2 heterocycles. The zero-order chi connectivity index (χ0) is 13.3. The van der Waals surface area contributed by atoms with E-state index in [1.54, 1.807) is 6.92 Å². The molecular weight excluding hydrogens is 241 g/mol. The Morgan fingerprint density at radius 1 is 1.50 bits per heavy atom. The van der Waals surface area contributed by atoms with E-state index in [0.29, 0.717) is 12.0 Å². The van der Waals surface area contributed by atoms with Gasteiger partial charge in [0, 0.05) is 11.8 Å². The molecule has 2 aromatic rings. The molecule has 0 aliphatic carbocycles. The molecular formula is C11H8FN3O3. The molecule has 7 heteroatoms. The Kier molecular flexibility index (Phi) is 2.88. The first-order valence-electron chi connectivity index (χ1n) is 4.94. The average molecular weight is 249 g/mol. The van der Waals surface area contributed by atoms with Gasteiger partial charge in [-0.15, -0.1) is 0 Å². The van der Waals surface area contributed by atoms with Gasteiger partial charge in [0.2, 0.25) is 0 Å². The Hall–Kier alpha value is -2.57. The molecule has 0 saturated carbocycles. The molecule has 1 N–H and O–H groups in total. The van der Waals surface area contributed by atoms with E-state index < -0.39 is 17.3 Å². The molecule has 0 spiro atoms. The van der Waals surface area contributed by atoms with Crippen molar-refractivity contribution in [2.24, 2.45) is 0 Å². The van der Waals surface area contributed by atoms with Crippen LogP contribution in [-0.4, -0.2) is 32.1 Å². The standard InChI is InChI=1S/C11H8FN3O3/c1-6-2-7(5-16)14-15(6)10-3-8(11(17)18)9(12)4-13-10/h2-5H,1H3,(H,17,18). The summed E-state index contributed by atoms with van der Waals surface area (Å²) < 4.78 is 14.5. The van der Waals surface area contributed by atoms with Crippen LogP contribution in [0.25, 0.3) is 5.82 Å². The maximum Gasteiger partial charge on any atom is 0.338 e. The number of nitrogens with zero attached hydrogens (tertiary/aromatic N) is 3. The summed E-state index contributed by atoms with van der Waals surface area (Å²) in [6.45, 7) is 1.67. The molecule has 92 valence electrons. The van der Waals surface area contributed by atoms with Crippen LogP contribution in [0.3, 0.4) is 0 Å². The molecule has 0 radical (unpaired) electrons. The predicted octanol–water partition coefficient (Wildman–Crippen LogP) is 1.23. The van der Waals surface area contributed by atoms with E-state index >= 15 is 0 Å². The van der Waals surface area contributed by atoms with Gasteiger partial charge in [-0.1, -0.05) is 0 Å². The van der Waals surface area contributed by atoms with Gasteiger partial charge < -0.3 is 5.11 Å². The molecule has 0 aromatic carbocycles. The number of aromatic carboxylic acids is 1. The van der Waals surface area contributed by atoms with Gasteiger partial charge in [-0.25, -0.2) is 18.9 Å². The van der Waals surface area contributed by atoms with Gasteiger partial charge in [0.15, 0.2) is 17.9 Å². The lowest BCUT2D eigenvalue weighted by Gasteiger charge is -2.04. The number of pyridine rings is 1. The number of aldehydes is 1. The van der Waals surface area contributed by atoms with Crippen molar-refractivity contribution in [3.05, 3.63) is 41.1 Å². The minimum Gasteiger partial charge on any atom is -0.478 e. The van der Waals surface area contributed by atoms with Gasteiger partial charge in [0.25, 0.3) is 0 Å². The summed E-state index contributed by atoms with van der Waals surface area (Å²) in [5.41, 5.74) is 0.283. The summed E-state index contributed by atoms with van der Waals surface area (Å²) in [6.07, 6.45) is 1.37. The quantitative estimate of drug-likeness (QED) is 0.827. The molecule has 0 fully saturated rings. The lowest BCUT2D eigenvalue weighted by molar-refractivity contribution is 0.0691. The summed E-state index contributed by atoms with van der Waals surface area (Å²) in [5, 5.41) is 12.7. The maximum atomic E-state index is 13.2. The number of halogens is 1. The highest BCUT2D eigenvalue weighted by Gasteiger charge is 2.14. The molecule has 2 aromatic heterocycles. The van der Waals surface area contributed by atoms with Crippen LogP contribution in [0.15, 0.2) is 18.3 Å². The van der Waals surface area contributed by atoms with E-state index in [-0.39, 0.29) is 11.5 Å². The zero-order valence-electron chi connectivity index (χ0n) is 9.29. The third kappa shape index (κ3) is 1.97. The molecule has 0 aliphatic rings. The minimum absolute atomic E-state index is 0.138. The van der Waals surface area contributed by atoms with Gasteiger partial charge in [-0.3, -0.25) is 4.79 Å². The van der Waals surface area contributed by atoms with E-state index in [1.807, 2.05) is 0 Å². The van der Waals surface area contributed by atoms with Crippen LogP contribution in [0.5, 0.6) is 0 Å². The molecule has 0 atom stereocenters. The molecule has 0 bridgehead atoms. The summed E-state index contributed by atoms with van der Waals surface area (Å²) in [6, 6.07) is 2.57. The number of aromatic nitrogens is 3. The number of carboxylic acid groups (broad SMARTS) is 1. The SMILES string of the molecule is Cc1cc(C=O)nn1-c1cc(C(=O)O)c(F)cn1. The molecule has 0 saturated heterocycles. The van der Waals surface area contributed by atoms with Gasteiger partial charge in [0.1, 0.15) is 11.3 Å². The Bertz CT molecular complexity index is 636. The third-order valence-corrected chi connectivity index (χ3v) is 2.32. The third-order valence-electron chi connectivity index (χ3n) is 2.32. The number of carbonyl (C=O) groups is 2.